The average molecular weight is 378 g/mol. The fraction of sp³-hybridized carbons (Fsp3) is 0.476. The van der Waals surface area contributed by atoms with Crippen molar-refractivity contribution in [2.45, 2.75) is 13.8 Å². The molecule has 4 rings (SSSR count). The van der Waals surface area contributed by atoms with E-state index in [1.807, 2.05) is 26.0 Å². The number of nitrogens with zero attached hydrogens (tertiary/aromatic N) is 6. The zero-order valence-electron chi connectivity index (χ0n) is 16.6. The number of hydrogen-bond acceptors (Lipinski definition) is 7. The topological polar surface area (TPSA) is 68.5 Å². The zero-order chi connectivity index (χ0) is 19.5. The van der Waals surface area contributed by atoms with Crippen LogP contribution in [0.4, 0.5) is 17.3 Å². The van der Waals surface area contributed by atoms with E-state index >= 15 is 0 Å². The third-order valence-electron chi connectivity index (χ3n) is 5.45. The summed E-state index contributed by atoms with van der Waals surface area (Å²) in [4.78, 5) is 16.3. The Kier molecular flexibility index (Phi) is 5.31. The second kappa shape index (κ2) is 8.03. The van der Waals surface area contributed by atoms with Gasteiger partial charge in [-0.25, -0.2) is 9.97 Å². The maximum Gasteiger partial charge on any atom is 0.134 e. The Bertz CT molecular complexity index is 879. The summed E-state index contributed by atoms with van der Waals surface area (Å²) in [5.74, 6) is 2.81. The van der Waals surface area contributed by atoms with Gasteiger partial charge in [0.1, 0.15) is 17.5 Å². The van der Waals surface area contributed by atoms with Gasteiger partial charge in [-0.3, -0.25) is 0 Å². The number of benzene rings is 1. The summed E-state index contributed by atoms with van der Waals surface area (Å²) in [6.07, 6.45) is 0. The molecule has 0 amide bonds. The van der Waals surface area contributed by atoms with Gasteiger partial charge in [-0.05, 0) is 37.6 Å². The van der Waals surface area contributed by atoms with E-state index in [2.05, 4.69) is 42.9 Å². The van der Waals surface area contributed by atoms with Crippen LogP contribution in [0.2, 0.25) is 0 Å². The summed E-state index contributed by atoms with van der Waals surface area (Å²) in [5.41, 5.74) is 2.96. The van der Waals surface area contributed by atoms with Gasteiger partial charge in [-0.15, -0.1) is 0 Å². The molecule has 1 aromatic carbocycles. The lowest BCUT2D eigenvalue weighted by Gasteiger charge is -2.37. The Morgan fingerprint density at radius 3 is 2.07 bits per heavy atom. The highest BCUT2D eigenvalue weighted by Crippen LogP contribution is 2.24. The molecule has 146 valence electrons. The van der Waals surface area contributed by atoms with Gasteiger partial charge in [0, 0.05) is 51.0 Å². The molecule has 28 heavy (non-hydrogen) atoms. The van der Waals surface area contributed by atoms with E-state index in [0.717, 1.165) is 81.1 Å². The van der Waals surface area contributed by atoms with E-state index in [9.17, 15) is 0 Å². The molecule has 7 heteroatoms. The minimum Gasteiger partial charge on any atom is -0.378 e. The van der Waals surface area contributed by atoms with Crippen molar-refractivity contribution < 1.29 is 4.74 Å². The van der Waals surface area contributed by atoms with Crippen LogP contribution in [0.25, 0.3) is 0 Å². The summed E-state index contributed by atoms with van der Waals surface area (Å²) in [5, 5.41) is 9.13. The smallest absolute Gasteiger partial charge is 0.134 e. The van der Waals surface area contributed by atoms with Gasteiger partial charge in [-0.2, -0.15) is 5.26 Å². The largest absolute Gasteiger partial charge is 0.378 e. The number of ether oxygens (including phenoxy) is 1. The molecular weight excluding hydrogens is 352 g/mol. The predicted molar refractivity (Wildman–Crippen MR) is 110 cm³/mol. The van der Waals surface area contributed by atoms with Crippen LogP contribution < -0.4 is 14.7 Å². The van der Waals surface area contributed by atoms with Gasteiger partial charge >= 0.3 is 0 Å². The molecule has 0 spiro atoms. The lowest BCUT2D eigenvalue weighted by molar-refractivity contribution is 0.122. The van der Waals surface area contributed by atoms with Crippen molar-refractivity contribution in [1.29, 1.82) is 5.26 Å². The molecule has 2 aliphatic heterocycles. The van der Waals surface area contributed by atoms with Crippen LogP contribution in [0.15, 0.2) is 24.3 Å². The Morgan fingerprint density at radius 2 is 1.46 bits per heavy atom. The fourth-order valence-corrected chi connectivity index (χ4v) is 3.82. The zero-order valence-corrected chi connectivity index (χ0v) is 16.6. The van der Waals surface area contributed by atoms with Crippen molar-refractivity contribution in [3.05, 3.63) is 41.2 Å². The molecule has 7 nitrogen and oxygen atoms in total. The molecule has 2 fully saturated rings. The standard InChI is InChI=1S/C21H26N6O/c1-16-13-19(4-3-18(16)15-22)25-5-7-26(8-6-25)20-14-21(24-17(2)23-20)27-9-11-28-12-10-27/h3-4,13-14H,5-12H2,1-2H3. The van der Waals surface area contributed by atoms with Gasteiger partial charge < -0.3 is 19.4 Å². The van der Waals surface area contributed by atoms with E-state index in [-0.39, 0.29) is 0 Å². The molecule has 0 atom stereocenters. The molecule has 0 unspecified atom stereocenters. The van der Waals surface area contributed by atoms with Gasteiger partial charge in [0.2, 0.25) is 0 Å². The highest BCUT2D eigenvalue weighted by Gasteiger charge is 2.21. The molecular formula is C21H26N6O. The first-order valence-corrected chi connectivity index (χ1v) is 9.83. The third kappa shape index (κ3) is 3.87. The number of rotatable bonds is 3. The van der Waals surface area contributed by atoms with E-state index in [1.54, 1.807) is 0 Å². The number of nitriles is 1. The molecule has 0 N–H and O–H groups in total. The first kappa shape index (κ1) is 18.5. The Labute approximate surface area is 166 Å². The van der Waals surface area contributed by atoms with Crippen molar-refractivity contribution in [2.75, 3.05) is 67.2 Å². The quantitative estimate of drug-likeness (QED) is 0.810. The van der Waals surface area contributed by atoms with E-state index in [0.29, 0.717) is 0 Å². The molecule has 0 bridgehead atoms. The summed E-state index contributed by atoms with van der Waals surface area (Å²) < 4.78 is 5.46. The number of hydrogen-bond donors (Lipinski definition) is 0. The summed E-state index contributed by atoms with van der Waals surface area (Å²) in [7, 11) is 0. The SMILES string of the molecule is Cc1nc(N2CCOCC2)cc(N2CCN(c3ccc(C#N)c(C)c3)CC2)n1. The van der Waals surface area contributed by atoms with Gasteiger partial charge in [0.15, 0.2) is 0 Å². The van der Waals surface area contributed by atoms with Crippen molar-refractivity contribution in [3.63, 3.8) is 0 Å². The highest BCUT2D eigenvalue weighted by molar-refractivity contribution is 5.56. The molecule has 0 saturated carbocycles. The molecule has 2 aromatic rings. The molecule has 2 saturated heterocycles. The first-order chi connectivity index (χ1) is 13.6. The monoisotopic (exact) mass is 378 g/mol. The Balaban J connectivity index is 1.45. The number of aromatic nitrogens is 2. The molecule has 2 aliphatic rings. The maximum absolute atomic E-state index is 9.13. The van der Waals surface area contributed by atoms with Crippen molar-refractivity contribution >= 4 is 17.3 Å². The number of morpholine rings is 1. The van der Waals surface area contributed by atoms with Gasteiger partial charge in [-0.1, -0.05) is 0 Å². The van der Waals surface area contributed by atoms with Crippen molar-refractivity contribution in [2.24, 2.45) is 0 Å². The van der Waals surface area contributed by atoms with E-state index in [4.69, 9.17) is 10.00 Å². The third-order valence-corrected chi connectivity index (χ3v) is 5.45. The predicted octanol–water partition coefficient (Wildman–Crippen LogP) is 2.13. The molecule has 0 aliphatic carbocycles. The number of aryl methyl sites for hydroxylation is 2. The second-order valence-electron chi connectivity index (χ2n) is 7.32. The average Bonchev–Trinajstić information content (AvgIpc) is 2.74. The minimum absolute atomic E-state index is 0.745. The van der Waals surface area contributed by atoms with E-state index in [1.165, 1.54) is 5.69 Å². The summed E-state index contributed by atoms with van der Waals surface area (Å²) in [6.45, 7) is 10.9. The van der Waals surface area contributed by atoms with Gasteiger partial charge in [0.05, 0.1) is 24.8 Å². The lowest BCUT2D eigenvalue weighted by Crippen LogP contribution is -2.47. The van der Waals surface area contributed by atoms with Crippen LogP contribution in [0.5, 0.6) is 0 Å². The minimum atomic E-state index is 0.745. The van der Waals surface area contributed by atoms with Crippen molar-refractivity contribution in [1.82, 2.24) is 9.97 Å². The molecule has 0 radical (unpaired) electrons. The Hall–Kier alpha value is -2.85. The van der Waals surface area contributed by atoms with E-state index < -0.39 is 0 Å². The van der Waals surface area contributed by atoms with Crippen LogP contribution in [0, 0.1) is 25.2 Å². The van der Waals surface area contributed by atoms with Crippen LogP contribution in [0.1, 0.15) is 17.0 Å². The highest BCUT2D eigenvalue weighted by atomic mass is 16.5. The number of anilines is 3. The normalized spacial score (nSPS) is 17.5. The summed E-state index contributed by atoms with van der Waals surface area (Å²) >= 11 is 0. The van der Waals surface area contributed by atoms with Gasteiger partial charge in [0.25, 0.3) is 0 Å². The number of piperazine rings is 1. The van der Waals surface area contributed by atoms with Crippen LogP contribution in [0.3, 0.4) is 0 Å². The molecule has 3 heterocycles. The van der Waals surface area contributed by atoms with Crippen LogP contribution in [-0.4, -0.2) is 62.5 Å². The van der Waals surface area contributed by atoms with Crippen molar-refractivity contribution in [3.8, 4) is 6.07 Å². The summed E-state index contributed by atoms with van der Waals surface area (Å²) in [6, 6.07) is 10.4. The maximum atomic E-state index is 9.13. The fourth-order valence-electron chi connectivity index (χ4n) is 3.82. The lowest BCUT2D eigenvalue weighted by atomic mass is 10.1. The molecule has 1 aromatic heterocycles. The second-order valence-corrected chi connectivity index (χ2v) is 7.32. The van der Waals surface area contributed by atoms with Crippen LogP contribution in [-0.2, 0) is 4.74 Å². The Morgan fingerprint density at radius 1 is 0.857 bits per heavy atom. The van der Waals surface area contributed by atoms with Crippen LogP contribution >= 0.6 is 0 Å². The first-order valence-electron chi connectivity index (χ1n) is 9.83.